The lowest BCUT2D eigenvalue weighted by molar-refractivity contribution is -0.133. The van der Waals surface area contributed by atoms with E-state index in [0.717, 1.165) is 10.4 Å². The summed E-state index contributed by atoms with van der Waals surface area (Å²) in [5, 5.41) is 6.10. The highest BCUT2D eigenvalue weighted by atomic mass is 32.1. The van der Waals surface area contributed by atoms with Gasteiger partial charge < -0.3 is 20.1 Å². The predicted octanol–water partition coefficient (Wildman–Crippen LogP) is 2.96. The molecule has 1 aliphatic rings. The van der Waals surface area contributed by atoms with Crippen LogP contribution in [0, 0.1) is 6.92 Å². The van der Waals surface area contributed by atoms with Crippen molar-refractivity contribution in [3.05, 3.63) is 71.2 Å². The van der Waals surface area contributed by atoms with Crippen LogP contribution in [0.2, 0.25) is 0 Å². The van der Waals surface area contributed by atoms with Crippen molar-refractivity contribution in [3.8, 4) is 11.5 Å². The van der Waals surface area contributed by atoms with Crippen LogP contribution in [0.4, 0.5) is 5.13 Å². The zero-order valence-corrected chi connectivity index (χ0v) is 17.1. The average Bonchev–Trinajstić information content (AvgIpc) is 3.18. The molecule has 7 nitrogen and oxygen atoms in total. The summed E-state index contributed by atoms with van der Waals surface area (Å²) in [7, 11) is 0. The van der Waals surface area contributed by atoms with Crippen LogP contribution in [0.15, 0.2) is 60.8 Å². The Morgan fingerprint density at radius 1 is 1.13 bits per heavy atom. The Hall–Kier alpha value is -3.39. The summed E-state index contributed by atoms with van der Waals surface area (Å²) in [5.41, 5.74) is 0.930. The molecule has 8 heteroatoms. The molecule has 0 spiro atoms. The van der Waals surface area contributed by atoms with Crippen LogP contribution >= 0.6 is 11.3 Å². The van der Waals surface area contributed by atoms with Gasteiger partial charge in [0.15, 0.2) is 16.6 Å². The molecule has 4 rings (SSSR count). The number of fused-ring (bicyclic) bond motifs is 1. The molecule has 0 radical (unpaired) electrons. The third kappa shape index (κ3) is 4.77. The molecule has 2 atom stereocenters. The van der Waals surface area contributed by atoms with E-state index in [1.807, 2.05) is 49.4 Å². The Morgan fingerprint density at radius 2 is 1.87 bits per heavy atom. The molecule has 30 heavy (non-hydrogen) atoms. The lowest BCUT2D eigenvalue weighted by atomic mass is 10.0. The van der Waals surface area contributed by atoms with E-state index in [0.29, 0.717) is 23.1 Å². The Morgan fingerprint density at radius 3 is 2.60 bits per heavy atom. The number of aromatic nitrogens is 1. The number of hydrogen-bond acceptors (Lipinski definition) is 6. The second-order valence-electron chi connectivity index (χ2n) is 6.88. The molecule has 2 N–H and O–H groups in total. The number of nitrogens with one attached hydrogen (secondary N) is 2. The highest BCUT2D eigenvalue weighted by Gasteiger charge is 2.31. The van der Waals surface area contributed by atoms with Crippen molar-refractivity contribution in [3.63, 3.8) is 0 Å². The average molecular weight is 423 g/mol. The van der Waals surface area contributed by atoms with Crippen LogP contribution in [0.3, 0.4) is 0 Å². The molecule has 1 aromatic heterocycles. The number of rotatable bonds is 6. The van der Waals surface area contributed by atoms with E-state index < -0.39 is 18.1 Å². The van der Waals surface area contributed by atoms with Gasteiger partial charge in [0.25, 0.3) is 5.91 Å². The van der Waals surface area contributed by atoms with Crippen LogP contribution in [-0.2, 0) is 16.0 Å². The van der Waals surface area contributed by atoms with Crippen LogP contribution in [0.25, 0.3) is 0 Å². The van der Waals surface area contributed by atoms with Gasteiger partial charge in [-0.3, -0.25) is 9.59 Å². The molecule has 0 unspecified atom stereocenters. The molecule has 0 saturated heterocycles. The van der Waals surface area contributed by atoms with Crippen LogP contribution in [0.5, 0.6) is 11.5 Å². The smallest absolute Gasteiger partial charge is 0.265 e. The predicted molar refractivity (Wildman–Crippen MR) is 114 cm³/mol. The molecular formula is C22H21N3O4S. The second-order valence-corrected chi connectivity index (χ2v) is 8.12. The van der Waals surface area contributed by atoms with Crippen molar-refractivity contribution in [2.24, 2.45) is 0 Å². The Labute approximate surface area is 178 Å². The summed E-state index contributed by atoms with van der Waals surface area (Å²) in [4.78, 5) is 30.9. The summed E-state index contributed by atoms with van der Waals surface area (Å²) in [6.07, 6.45) is 1.19. The van der Waals surface area contributed by atoms with Gasteiger partial charge in [-0.25, -0.2) is 4.98 Å². The van der Waals surface area contributed by atoms with Gasteiger partial charge >= 0.3 is 0 Å². The van der Waals surface area contributed by atoms with Crippen molar-refractivity contribution in [2.45, 2.75) is 25.5 Å². The molecular weight excluding hydrogens is 402 g/mol. The van der Waals surface area contributed by atoms with Crippen LogP contribution in [-0.4, -0.2) is 35.6 Å². The fourth-order valence-electron chi connectivity index (χ4n) is 3.08. The topological polar surface area (TPSA) is 89.6 Å². The largest absolute Gasteiger partial charge is 0.485 e. The number of aryl methyl sites for hydroxylation is 1. The third-order valence-electron chi connectivity index (χ3n) is 4.57. The number of hydrogen-bond donors (Lipinski definition) is 2. The van der Waals surface area contributed by atoms with Gasteiger partial charge in [-0.05, 0) is 24.6 Å². The molecule has 0 saturated carbocycles. The molecule has 2 amide bonds. The molecule has 2 aromatic carbocycles. The minimum absolute atomic E-state index is 0.0776. The van der Waals surface area contributed by atoms with Gasteiger partial charge in [0.1, 0.15) is 12.6 Å². The SMILES string of the molecule is Cc1cnc(NC(=O)[C@@H](Cc2ccccc2)NC(=O)[C@@H]2COc3ccccc3O2)s1. The number of para-hydroxylation sites is 2. The molecule has 1 aliphatic heterocycles. The number of benzene rings is 2. The molecule has 0 bridgehead atoms. The van der Waals surface area contributed by atoms with E-state index in [9.17, 15) is 9.59 Å². The second kappa shape index (κ2) is 8.96. The summed E-state index contributed by atoms with van der Waals surface area (Å²) in [5.74, 6) is 0.361. The number of amides is 2. The van der Waals surface area contributed by atoms with Crippen LogP contribution in [0.1, 0.15) is 10.4 Å². The number of carbonyl (C=O) groups is 2. The molecule has 2 heterocycles. The van der Waals surface area contributed by atoms with Gasteiger partial charge in [0.05, 0.1) is 0 Å². The van der Waals surface area contributed by atoms with Crippen molar-refractivity contribution in [1.82, 2.24) is 10.3 Å². The van der Waals surface area contributed by atoms with Gasteiger partial charge in [0, 0.05) is 17.5 Å². The highest BCUT2D eigenvalue weighted by Crippen LogP contribution is 2.30. The van der Waals surface area contributed by atoms with Gasteiger partial charge in [-0.1, -0.05) is 42.5 Å². The first-order valence-corrected chi connectivity index (χ1v) is 10.4. The molecule has 0 aliphatic carbocycles. The molecule has 154 valence electrons. The molecule has 3 aromatic rings. The maximum Gasteiger partial charge on any atom is 0.265 e. The zero-order chi connectivity index (χ0) is 20.9. The lowest BCUT2D eigenvalue weighted by Crippen LogP contribution is -2.52. The first-order valence-electron chi connectivity index (χ1n) is 9.54. The summed E-state index contributed by atoms with van der Waals surface area (Å²) < 4.78 is 11.4. The highest BCUT2D eigenvalue weighted by molar-refractivity contribution is 7.15. The monoisotopic (exact) mass is 423 g/mol. The number of carbonyl (C=O) groups excluding carboxylic acids is 2. The van der Waals surface area contributed by atoms with Crippen molar-refractivity contribution in [2.75, 3.05) is 11.9 Å². The molecule has 0 fully saturated rings. The maximum atomic E-state index is 12.9. The quantitative estimate of drug-likeness (QED) is 0.636. The fraction of sp³-hybridized carbons (Fsp3) is 0.227. The van der Waals surface area contributed by atoms with E-state index in [-0.39, 0.29) is 12.5 Å². The number of anilines is 1. The van der Waals surface area contributed by atoms with E-state index in [2.05, 4.69) is 15.6 Å². The maximum absolute atomic E-state index is 12.9. The Bertz CT molecular complexity index is 1040. The van der Waals surface area contributed by atoms with Crippen LogP contribution < -0.4 is 20.1 Å². The van der Waals surface area contributed by atoms with E-state index in [4.69, 9.17) is 9.47 Å². The fourth-order valence-corrected chi connectivity index (χ4v) is 3.74. The standard InChI is InChI=1S/C22H21N3O4S/c1-14-12-23-22(30-14)25-20(26)16(11-15-7-3-2-4-8-15)24-21(27)19-13-28-17-9-5-6-10-18(17)29-19/h2-10,12,16,19H,11,13H2,1H3,(H,24,27)(H,23,25,26)/t16-,19+/m1/s1. The van der Waals surface area contributed by atoms with E-state index in [1.165, 1.54) is 11.3 Å². The first kappa shape index (κ1) is 19.9. The Kier molecular flexibility index (Phi) is 5.94. The Balaban J connectivity index is 1.47. The number of nitrogens with zero attached hydrogens (tertiary/aromatic N) is 1. The summed E-state index contributed by atoms with van der Waals surface area (Å²) in [6.45, 7) is 1.99. The first-order chi connectivity index (χ1) is 14.6. The van der Waals surface area contributed by atoms with Gasteiger partial charge in [-0.2, -0.15) is 0 Å². The summed E-state index contributed by atoms with van der Waals surface area (Å²) >= 11 is 1.38. The van der Waals surface area contributed by atoms with E-state index >= 15 is 0 Å². The normalized spacial score (nSPS) is 15.8. The van der Waals surface area contributed by atoms with Crippen molar-refractivity contribution >= 4 is 28.3 Å². The summed E-state index contributed by atoms with van der Waals surface area (Å²) in [6, 6.07) is 15.9. The van der Waals surface area contributed by atoms with Crippen molar-refractivity contribution in [1.29, 1.82) is 0 Å². The minimum Gasteiger partial charge on any atom is -0.485 e. The van der Waals surface area contributed by atoms with Gasteiger partial charge in [-0.15, -0.1) is 11.3 Å². The minimum atomic E-state index is -0.840. The number of thiazole rings is 1. The zero-order valence-electron chi connectivity index (χ0n) is 16.3. The third-order valence-corrected chi connectivity index (χ3v) is 5.40. The lowest BCUT2D eigenvalue weighted by Gasteiger charge is -2.27. The van der Waals surface area contributed by atoms with Gasteiger partial charge in [0.2, 0.25) is 12.0 Å². The number of ether oxygens (including phenoxy) is 2. The van der Waals surface area contributed by atoms with Crippen molar-refractivity contribution < 1.29 is 19.1 Å². The van der Waals surface area contributed by atoms with E-state index in [1.54, 1.807) is 18.3 Å².